The smallest absolute Gasteiger partial charge is 0.119 e. The van der Waals surface area contributed by atoms with Crippen molar-refractivity contribution in [2.24, 2.45) is 5.92 Å². The molecule has 174 valence electrons. The first-order chi connectivity index (χ1) is 14.6. The van der Waals surface area contributed by atoms with E-state index in [1.165, 1.54) is 108 Å². The number of rotatable bonds is 20. The van der Waals surface area contributed by atoms with Crippen LogP contribution in [0.5, 0.6) is 5.75 Å². The van der Waals surface area contributed by atoms with Crippen LogP contribution in [0, 0.1) is 5.92 Å². The van der Waals surface area contributed by atoms with Crippen LogP contribution in [-0.2, 0) is 12.2 Å². The van der Waals surface area contributed by atoms with Gasteiger partial charge in [-0.3, -0.25) is 0 Å². The highest BCUT2D eigenvalue weighted by Gasteiger charge is 2.04. The summed E-state index contributed by atoms with van der Waals surface area (Å²) in [6, 6.07) is 6.27. The van der Waals surface area contributed by atoms with Gasteiger partial charge in [0.25, 0.3) is 0 Å². The van der Waals surface area contributed by atoms with Gasteiger partial charge in [-0.05, 0) is 42.6 Å². The predicted molar refractivity (Wildman–Crippen MR) is 138 cm³/mol. The topological polar surface area (TPSA) is 20.2 Å². The van der Waals surface area contributed by atoms with E-state index in [2.05, 4.69) is 32.9 Å². The Kier molecular flexibility index (Phi) is 17.4. The van der Waals surface area contributed by atoms with E-state index < -0.39 is 0 Å². The number of unbranched alkanes of at least 4 members (excludes halogenated alkanes) is 12. The second-order valence-electron chi connectivity index (χ2n) is 9.54. The van der Waals surface area contributed by atoms with Crippen molar-refractivity contribution in [1.29, 1.82) is 0 Å². The Morgan fingerprint density at radius 2 is 1.37 bits per heavy atom. The number of aryl methyl sites for hydroxylation is 1. The summed E-state index contributed by atoms with van der Waals surface area (Å²) in [7, 11) is 0. The van der Waals surface area contributed by atoms with E-state index in [-0.39, 0.29) is 0 Å². The summed E-state index contributed by atoms with van der Waals surface area (Å²) < 4.78 is 0. The Morgan fingerprint density at radius 1 is 0.767 bits per heavy atom. The summed E-state index contributed by atoms with van der Waals surface area (Å²) in [5.74, 6) is 3.51. The Balaban J connectivity index is 2.06. The Hall–Kier alpha value is -0.630. The zero-order valence-electron chi connectivity index (χ0n) is 20.4. The number of phenols is 1. The maximum absolute atomic E-state index is 10.2. The van der Waals surface area contributed by atoms with E-state index in [1.807, 2.05) is 17.8 Å². The molecule has 1 aromatic carbocycles. The molecule has 0 aromatic heterocycles. The minimum Gasteiger partial charge on any atom is -0.508 e. The van der Waals surface area contributed by atoms with Crippen LogP contribution in [0.2, 0.25) is 0 Å². The Bertz CT molecular complexity index is 511. The van der Waals surface area contributed by atoms with Crippen molar-refractivity contribution in [2.45, 2.75) is 129 Å². The van der Waals surface area contributed by atoms with Gasteiger partial charge in [-0.15, -0.1) is 0 Å². The van der Waals surface area contributed by atoms with Gasteiger partial charge in [0.2, 0.25) is 0 Å². The first-order valence-corrected chi connectivity index (χ1v) is 14.2. The molecule has 1 aromatic rings. The third kappa shape index (κ3) is 15.2. The molecule has 1 nitrogen and oxygen atoms in total. The van der Waals surface area contributed by atoms with Gasteiger partial charge in [-0.1, -0.05) is 116 Å². The minimum absolute atomic E-state index is 0.479. The normalized spacial score (nSPS) is 11.5. The fourth-order valence-corrected chi connectivity index (χ4v) is 5.02. The molecule has 0 saturated carbocycles. The van der Waals surface area contributed by atoms with E-state index >= 15 is 0 Å². The van der Waals surface area contributed by atoms with E-state index in [4.69, 9.17) is 0 Å². The van der Waals surface area contributed by atoms with Crippen molar-refractivity contribution < 1.29 is 5.11 Å². The van der Waals surface area contributed by atoms with E-state index in [0.717, 1.165) is 23.7 Å². The highest BCUT2D eigenvalue weighted by atomic mass is 32.2. The quantitative estimate of drug-likeness (QED) is 0.206. The Morgan fingerprint density at radius 3 is 2.03 bits per heavy atom. The Labute approximate surface area is 192 Å². The van der Waals surface area contributed by atoms with Crippen LogP contribution in [0.3, 0.4) is 0 Å². The summed E-state index contributed by atoms with van der Waals surface area (Å²) in [4.78, 5) is 0. The average molecular weight is 435 g/mol. The SMILES string of the molecule is CCCCCCCCCc1ccc(O)c(CSCCCCCCCCCC(C)C)c1. The van der Waals surface area contributed by atoms with Crippen LogP contribution in [0.15, 0.2) is 18.2 Å². The molecule has 2 heteroatoms. The zero-order chi connectivity index (χ0) is 21.9. The van der Waals surface area contributed by atoms with Crippen LogP contribution in [0.25, 0.3) is 0 Å². The summed E-state index contributed by atoms with van der Waals surface area (Å²) >= 11 is 1.98. The van der Waals surface area contributed by atoms with Crippen molar-refractivity contribution in [3.8, 4) is 5.75 Å². The molecule has 0 aliphatic rings. The van der Waals surface area contributed by atoms with Crippen LogP contribution < -0.4 is 0 Å². The fraction of sp³-hybridized carbons (Fsp3) is 0.786. The zero-order valence-corrected chi connectivity index (χ0v) is 21.2. The van der Waals surface area contributed by atoms with Gasteiger partial charge in [0.05, 0.1) is 0 Å². The van der Waals surface area contributed by atoms with Crippen LogP contribution in [0.1, 0.15) is 128 Å². The number of hydrogen-bond acceptors (Lipinski definition) is 2. The molecule has 0 aliphatic carbocycles. The van der Waals surface area contributed by atoms with Crippen LogP contribution >= 0.6 is 11.8 Å². The number of aromatic hydroxyl groups is 1. The van der Waals surface area contributed by atoms with Crippen molar-refractivity contribution >= 4 is 11.8 Å². The lowest BCUT2D eigenvalue weighted by atomic mass is 10.0. The van der Waals surface area contributed by atoms with Gasteiger partial charge in [0.15, 0.2) is 0 Å². The van der Waals surface area contributed by atoms with E-state index in [0.29, 0.717) is 5.75 Å². The standard InChI is InChI=1S/C28H50OS/c1-4-5-6-7-9-13-16-19-26-20-21-28(29)27(23-26)24-30-22-17-14-11-8-10-12-15-18-25(2)3/h20-21,23,25,29H,4-19,22,24H2,1-3H3. The van der Waals surface area contributed by atoms with Gasteiger partial charge in [-0.2, -0.15) is 11.8 Å². The molecule has 0 heterocycles. The van der Waals surface area contributed by atoms with Gasteiger partial charge >= 0.3 is 0 Å². The first-order valence-electron chi connectivity index (χ1n) is 13.0. The molecule has 0 saturated heterocycles. The van der Waals surface area contributed by atoms with Crippen molar-refractivity contribution in [3.05, 3.63) is 29.3 Å². The maximum Gasteiger partial charge on any atom is 0.119 e. The third-order valence-electron chi connectivity index (χ3n) is 6.04. The molecule has 1 rings (SSSR count). The second kappa shape index (κ2) is 19.1. The van der Waals surface area contributed by atoms with Gasteiger partial charge in [0, 0.05) is 11.3 Å². The highest BCUT2D eigenvalue weighted by molar-refractivity contribution is 7.98. The lowest BCUT2D eigenvalue weighted by Crippen LogP contribution is -1.91. The third-order valence-corrected chi connectivity index (χ3v) is 7.13. The molecule has 0 aliphatic heterocycles. The summed E-state index contributed by atoms with van der Waals surface area (Å²) in [5, 5.41) is 10.2. The monoisotopic (exact) mass is 434 g/mol. The molecule has 0 atom stereocenters. The van der Waals surface area contributed by atoms with Crippen LogP contribution in [0.4, 0.5) is 0 Å². The number of benzene rings is 1. The molecule has 0 spiro atoms. The van der Waals surface area contributed by atoms with Gasteiger partial charge in [-0.25, -0.2) is 0 Å². The van der Waals surface area contributed by atoms with E-state index in [9.17, 15) is 5.11 Å². The van der Waals surface area contributed by atoms with Gasteiger partial charge in [0.1, 0.15) is 5.75 Å². The van der Waals surface area contributed by atoms with Crippen LogP contribution in [-0.4, -0.2) is 10.9 Å². The molecular weight excluding hydrogens is 384 g/mol. The molecule has 0 unspecified atom stereocenters. The molecular formula is C28H50OS. The van der Waals surface area contributed by atoms with Gasteiger partial charge < -0.3 is 5.11 Å². The average Bonchev–Trinajstić information content (AvgIpc) is 2.73. The second-order valence-corrected chi connectivity index (χ2v) is 10.6. The van der Waals surface area contributed by atoms with E-state index in [1.54, 1.807) is 0 Å². The van der Waals surface area contributed by atoms with Crippen molar-refractivity contribution in [3.63, 3.8) is 0 Å². The lowest BCUT2D eigenvalue weighted by Gasteiger charge is -2.08. The number of phenolic OH excluding ortho intramolecular Hbond substituents is 1. The summed E-state index contributed by atoms with van der Waals surface area (Å²) in [5.41, 5.74) is 2.53. The summed E-state index contributed by atoms with van der Waals surface area (Å²) in [6.07, 6.45) is 21.8. The minimum atomic E-state index is 0.479. The number of thioether (sulfide) groups is 1. The maximum atomic E-state index is 10.2. The molecule has 30 heavy (non-hydrogen) atoms. The fourth-order valence-electron chi connectivity index (χ4n) is 4.02. The molecule has 0 amide bonds. The molecule has 0 bridgehead atoms. The predicted octanol–water partition coefficient (Wildman–Crippen LogP) is 9.70. The van der Waals surface area contributed by atoms with Crippen molar-refractivity contribution in [1.82, 2.24) is 0 Å². The lowest BCUT2D eigenvalue weighted by molar-refractivity contribution is 0.470. The highest BCUT2D eigenvalue weighted by Crippen LogP contribution is 2.25. The number of hydrogen-bond donors (Lipinski definition) is 1. The first kappa shape index (κ1) is 27.4. The molecule has 1 N–H and O–H groups in total. The van der Waals surface area contributed by atoms with Crippen molar-refractivity contribution in [2.75, 3.05) is 5.75 Å². The largest absolute Gasteiger partial charge is 0.508 e. The summed E-state index contributed by atoms with van der Waals surface area (Å²) in [6.45, 7) is 6.92. The molecule has 0 radical (unpaired) electrons. The molecule has 0 fully saturated rings.